The van der Waals surface area contributed by atoms with Gasteiger partial charge in [0.05, 0.1) is 0 Å². The molecule has 0 aromatic carbocycles. The van der Waals surface area contributed by atoms with Crippen molar-refractivity contribution in [3.8, 4) is 0 Å². The first-order chi connectivity index (χ1) is 9.33. The molecule has 0 unspecified atom stereocenters. The Bertz CT molecular complexity index is 371. The summed E-state index contributed by atoms with van der Waals surface area (Å²) in [6.45, 7) is 7.87. The molecule has 0 amide bonds. The molecule has 1 fully saturated rings. The summed E-state index contributed by atoms with van der Waals surface area (Å²) in [5.41, 5.74) is 0. The molecule has 0 bridgehead atoms. The molecule has 6 heteroatoms. The summed E-state index contributed by atoms with van der Waals surface area (Å²) in [5.74, 6) is 0.962. The van der Waals surface area contributed by atoms with Gasteiger partial charge in [0.1, 0.15) is 5.82 Å². The zero-order valence-corrected chi connectivity index (χ0v) is 12.5. The highest BCUT2D eigenvalue weighted by Crippen LogP contribution is 2.19. The molecule has 0 spiro atoms. The summed E-state index contributed by atoms with van der Waals surface area (Å²) in [4.78, 5) is 9.44. The lowest BCUT2D eigenvalue weighted by atomic mass is 10.3. The van der Waals surface area contributed by atoms with Crippen molar-refractivity contribution in [1.82, 2.24) is 14.3 Å². The molecule has 2 rings (SSSR count). The van der Waals surface area contributed by atoms with Crippen molar-refractivity contribution in [2.24, 2.45) is 0 Å². The van der Waals surface area contributed by atoms with Gasteiger partial charge in [0.25, 0.3) is 0 Å². The molecule has 1 aromatic rings. The van der Waals surface area contributed by atoms with Gasteiger partial charge in [0.2, 0.25) is 5.13 Å². The van der Waals surface area contributed by atoms with Crippen LogP contribution in [0.15, 0.2) is 0 Å². The Labute approximate surface area is 119 Å². The van der Waals surface area contributed by atoms with Gasteiger partial charge >= 0.3 is 0 Å². The van der Waals surface area contributed by atoms with E-state index in [9.17, 15) is 0 Å². The molecule has 19 heavy (non-hydrogen) atoms. The monoisotopic (exact) mass is 284 g/mol. The zero-order valence-electron chi connectivity index (χ0n) is 11.7. The Kier molecular flexibility index (Phi) is 6.00. The van der Waals surface area contributed by atoms with Crippen molar-refractivity contribution in [3.63, 3.8) is 0 Å². The molecule has 1 aliphatic rings. The van der Waals surface area contributed by atoms with Crippen LogP contribution in [0.1, 0.15) is 32.0 Å². The predicted molar refractivity (Wildman–Crippen MR) is 78.9 cm³/mol. The second-order valence-electron chi connectivity index (χ2n) is 4.96. The van der Waals surface area contributed by atoms with Crippen LogP contribution in [0.4, 0.5) is 5.13 Å². The third-order valence-corrected chi connectivity index (χ3v) is 4.33. The molecule has 5 nitrogen and oxygen atoms in total. The summed E-state index contributed by atoms with van der Waals surface area (Å²) >= 11 is 1.53. The number of hydrogen-bond acceptors (Lipinski definition) is 6. The highest BCUT2D eigenvalue weighted by atomic mass is 32.1. The minimum atomic E-state index is 0.310. The van der Waals surface area contributed by atoms with Crippen molar-refractivity contribution in [3.05, 3.63) is 5.82 Å². The van der Waals surface area contributed by atoms with Crippen molar-refractivity contribution >= 4 is 16.7 Å². The highest BCUT2D eigenvalue weighted by molar-refractivity contribution is 7.09. The average molecular weight is 284 g/mol. The molecule has 1 aromatic heterocycles. The van der Waals surface area contributed by atoms with Crippen LogP contribution in [0.5, 0.6) is 0 Å². The Morgan fingerprint density at radius 3 is 2.84 bits per heavy atom. The first-order valence-electron chi connectivity index (χ1n) is 7.24. The van der Waals surface area contributed by atoms with E-state index in [4.69, 9.17) is 5.11 Å². The van der Waals surface area contributed by atoms with Crippen LogP contribution in [0.25, 0.3) is 0 Å². The molecule has 1 N–H and O–H groups in total. The Morgan fingerprint density at radius 1 is 1.21 bits per heavy atom. The standard InChI is InChI=1S/C13H24N4OS/c1-2-12-14-13(19-15-12)17-8-5-7-16(9-10-17)6-3-4-11-18/h18H,2-11H2,1H3. The van der Waals surface area contributed by atoms with Gasteiger partial charge in [-0.25, -0.2) is 4.98 Å². The average Bonchev–Trinajstić information content (AvgIpc) is 2.79. The minimum Gasteiger partial charge on any atom is -0.396 e. The molecule has 2 heterocycles. The van der Waals surface area contributed by atoms with E-state index in [-0.39, 0.29) is 0 Å². The Hall–Kier alpha value is -0.720. The van der Waals surface area contributed by atoms with E-state index in [2.05, 4.69) is 26.1 Å². The molecule has 1 aliphatic heterocycles. The van der Waals surface area contributed by atoms with E-state index in [1.807, 2.05) is 0 Å². The predicted octanol–water partition coefficient (Wildman–Crippen LogP) is 1.39. The number of nitrogens with zero attached hydrogens (tertiary/aromatic N) is 4. The van der Waals surface area contributed by atoms with E-state index in [1.54, 1.807) is 0 Å². The summed E-state index contributed by atoms with van der Waals surface area (Å²) in [6, 6.07) is 0. The van der Waals surface area contributed by atoms with Gasteiger partial charge in [-0.05, 0) is 32.4 Å². The van der Waals surface area contributed by atoms with E-state index in [0.29, 0.717) is 6.61 Å². The molecular weight excluding hydrogens is 260 g/mol. The van der Waals surface area contributed by atoms with Crippen LogP contribution in [0, 0.1) is 0 Å². The number of aryl methyl sites for hydroxylation is 1. The van der Waals surface area contributed by atoms with Gasteiger partial charge in [0.15, 0.2) is 0 Å². The van der Waals surface area contributed by atoms with Crippen molar-refractivity contribution < 1.29 is 5.11 Å². The highest BCUT2D eigenvalue weighted by Gasteiger charge is 2.17. The van der Waals surface area contributed by atoms with Gasteiger partial charge in [-0.3, -0.25) is 0 Å². The number of unbranched alkanes of at least 4 members (excludes halogenated alkanes) is 1. The van der Waals surface area contributed by atoms with Crippen LogP contribution >= 0.6 is 11.5 Å². The smallest absolute Gasteiger partial charge is 0.205 e. The van der Waals surface area contributed by atoms with Crippen LogP contribution in [-0.4, -0.2) is 58.7 Å². The second-order valence-corrected chi connectivity index (χ2v) is 5.69. The maximum atomic E-state index is 8.83. The van der Waals surface area contributed by atoms with Crippen molar-refractivity contribution in [2.45, 2.75) is 32.6 Å². The first kappa shape index (κ1) is 14.7. The van der Waals surface area contributed by atoms with Gasteiger partial charge < -0.3 is 14.9 Å². The maximum absolute atomic E-state index is 8.83. The molecule has 0 aliphatic carbocycles. The zero-order chi connectivity index (χ0) is 13.5. The number of rotatable bonds is 6. The Balaban J connectivity index is 1.82. The van der Waals surface area contributed by atoms with Crippen LogP contribution in [0.2, 0.25) is 0 Å². The van der Waals surface area contributed by atoms with E-state index < -0.39 is 0 Å². The first-order valence-corrected chi connectivity index (χ1v) is 8.01. The van der Waals surface area contributed by atoms with Gasteiger partial charge in [-0.15, -0.1) is 0 Å². The molecular formula is C13H24N4OS. The van der Waals surface area contributed by atoms with E-state index >= 15 is 0 Å². The number of anilines is 1. The number of aliphatic hydroxyl groups is 1. The normalized spacial score (nSPS) is 17.7. The molecule has 0 radical (unpaired) electrons. The maximum Gasteiger partial charge on any atom is 0.205 e. The van der Waals surface area contributed by atoms with Crippen LogP contribution in [-0.2, 0) is 6.42 Å². The number of aromatic nitrogens is 2. The fourth-order valence-electron chi connectivity index (χ4n) is 2.35. The summed E-state index contributed by atoms with van der Waals surface area (Å²) in [6.07, 6.45) is 4.10. The minimum absolute atomic E-state index is 0.310. The fraction of sp³-hybridized carbons (Fsp3) is 0.846. The summed E-state index contributed by atoms with van der Waals surface area (Å²) < 4.78 is 4.37. The summed E-state index contributed by atoms with van der Waals surface area (Å²) in [5, 5.41) is 9.90. The van der Waals surface area contributed by atoms with Gasteiger partial charge in [0, 0.05) is 44.2 Å². The van der Waals surface area contributed by atoms with Gasteiger partial charge in [-0.1, -0.05) is 6.92 Å². The van der Waals surface area contributed by atoms with Crippen LogP contribution in [0.3, 0.4) is 0 Å². The molecule has 0 atom stereocenters. The summed E-state index contributed by atoms with van der Waals surface area (Å²) in [7, 11) is 0. The second kappa shape index (κ2) is 7.77. The lowest BCUT2D eigenvalue weighted by Gasteiger charge is -2.20. The largest absolute Gasteiger partial charge is 0.396 e. The molecule has 1 saturated heterocycles. The topological polar surface area (TPSA) is 52.5 Å². The lowest BCUT2D eigenvalue weighted by Crippen LogP contribution is -2.31. The molecule has 108 valence electrons. The third-order valence-electron chi connectivity index (χ3n) is 3.52. The fourth-order valence-corrected chi connectivity index (χ4v) is 3.15. The van der Waals surface area contributed by atoms with Crippen molar-refractivity contribution in [1.29, 1.82) is 0 Å². The van der Waals surface area contributed by atoms with Gasteiger partial charge in [-0.2, -0.15) is 4.37 Å². The van der Waals surface area contributed by atoms with E-state index in [1.165, 1.54) is 18.0 Å². The number of aliphatic hydroxyl groups excluding tert-OH is 1. The van der Waals surface area contributed by atoms with Crippen molar-refractivity contribution in [2.75, 3.05) is 44.2 Å². The van der Waals surface area contributed by atoms with E-state index in [0.717, 1.165) is 62.9 Å². The molecule has 0 saturated carbocycles. The lowest BCUT2D eigenvalue weighted by molar-refractivity contribution is 0.250. The van der Waals surface area contributed by atoms with Crippen LogP contribution < -0.4 is 4.90 Å². The third kappa shape index (κ3) is 4.40. The number of hydrogen-bond donors (Lipinski definition) is 1. The quantitative estimate of drug-likeness (QED) is 0.800. The Morgan fingerprint density at radius 2 is 2.11 bits per heavy atom. The SMILES string of the molecule is CCc1nsc(N2CCCN(CCCCO)CC2)n1.